The van der Waals surface area contributed by atoms with Gasteiger partial charge in [-0.15, -0.1) is 0 Å². The Morgan fingerprint density at radius 2 is 2.15 bits per heavy atom. The van der Waals surface area contributed by atoms with E-state index in [1.54, 1.807) is 0 Å². The maximum atomic E-state index is 11.7. The number of aliphatic carboxylic acids is 1. The number of fused-ring (bicyclic) bond motifs is 1. The standard InChI is InChI=1S/C14H13N3O3/c18-13(19)11-7-15-14(20)17-8-10(16-12(11)17)6-9-4-2-1-3-5-9/h1-5,7,10H,6,8H2,(H,15,20)(H,18,19). The minimum atomic E-state index is -1.09. The molecule has 0 bridgehead atoms. The number of nitrogens with zero attached hydrogens (tertiary/aromatic N) is 2. The van der Waals surface area contributed by atoms with Gasteiger partial charge in [-0.1, -0.05) is 30.3 Å². The van der Waals surface area contributed by atoms with Crippen molar-refractivity contribution in [2.45, 2.75) is 12.5 Å². The van der Waals surface area contributed by atoms with E-state index in [0.29, 0.717) is 13.0 Å². The van der Waals surface area contributed by atoms with Gasteiger partial charge in [-0.2, -0.15) is 0 Å². The van der Waals surface area contributed by atoms with Crippen LogP contribution in [0.2, 0.25) is 0 Å². The second-order valence-electron chi connectivity index (χ2n) is 4.72. The normalized spacial score (nSPS) is 20.9. The summed E-state index contributed by atoms with van der Waals surface area (Å²) in [6, 6.07) is 9.37. The molecule has 0 spiro atoms. The van der Waals surface area contributed by atoms with E-state index in [0.717, 1.165) is 5.56 Å². The van der Waals surface area contributed by atoms with Gasteiger partial charge < -0.3 is 10.4 Å². The van der Waals surface area contributed by atoms with Crippen LogP contribution in [0.25, 0.3) is 0 Å². The minimum Gasteiger partial charge on any atom is -0.478 e. The number of urea groups is 1. The molecule has 0 aliphatic carbocycles. The summed E-state index contributed by atoms with van der Waals surface area (Å²) < 4.78 is 0. The molecule has 102 valence electrons. The van der Waals surface area contributed by atoms with Crippen LogP contribution in [-0.2, 0) is 11.2 Å². The number of amides is 2. The molecule has 2 aliphatic rings. The summed E-state index contributed by atoms with van der Waals surface area (Å²) in [5.74, 6) is -0.837. The number of nitrogens with one attached hydrogen (secondary N) is 1. The number of amidine groups is 1. The van der Waals surface area contributed by atoms with E-state index in [9.17, 15) is 9.59 Å². The number of carboxylic acids is 1. The van der Waals surface area contributed by atoms with Crippen LogP contribution < -0.4 is 5.32 Å². The van der Waals surface area contributed by atoms with Gasteiger partial charge in [0.1, 0.15) is 11.4 Å². The van der Waals surface area contributed by atoms with Crippen molar-refractivity contribution in [2.24, 2.45) is 4.99 Å². The third-order valence-corrected chi connectivity index (χ3v) is 3.32. The highest BCUT2D eigenvalue weighted by atomic mass is 16.4. The Bertz CT molecular complexity index is 622. The molecule has 0 saturated heterocycles. The SMILES string of the molecule is O=C(O)C1=CNC(=O)N2CC(Cc3ccccc3)N=C12. The lowest BCUT2D eigenvalue weighted by atomic mass is 10.1. The lowest BCUT2D eigenvalue weighted by molar-refractivity contribution is -0.132. The number of rotatable bonds is 3. The van der Waals surface area contributed by atoms with Crippen LogP contribution in [0.4, 0.5) is 4.79 Å². The van der Waals surface area contributed by atoms with Crippen molar-refractivity contribution in [3.63, 3.8) is 0 Å². The zero-order chi connectivity index (χ0) is 14.1. The van der Waals surface area contributed by atoms with Crippen molar-refractivity contribution in [2.75, 3.05) is 6.54 Å². The molecular weight excluding hydrogens is 258 g/mol. The first-order valence-corrected chi connectivity index (χ1v) is 6.29. The van der Waals surface area contributed by atoms with E-state index < -0.39 is 5.97 Å². The third-order valence-electron chi connectivity index (χ3n) is 3.32. The maximum Gasteiger partial charge on any atom is 0.340 e. The molecular formula is C14H13N3O3. The Balaban J connectivity index is 1.84. The quantitative estimate of drug-likeness (QED) is 0.860. The molecule has 6 heteroatoms. The highest BCUT2D eigenvalue weighted by molar-refractivity contribution is 6.24. The monoisotopic (exact) mass is 271 g/mol. The Hall–Kier alpha value is -2.63. The van der Waals surface area contributed by atoms with Gasteiger partial charge in [0, 0.05) is 6.20 Å². The first-order valence-electron chi connectivity index (χ1n) is 6.29. The highest BCUT2D eigenvalue weighted by Crippen LogP contribution is 2.20. The molecule has 1 aromatic carbocycles. The van der Waals surface area contributed by atoms with E-state index in [4.69, 9.17) is 5.11 Å². The van der Waals surface area contributed by atoms with Crippen LogP contribution >= 0.6 is 0 Å². The van der Waals surface area contributed by atoms with E-state index in [-0.39, 0.29) is 23.5 Å². The lowest BCUT2D eigenvalue weighted by Gasteiger charge is -2.22. The summed E-state index contributed by atoms with van der Waals surface area (Å²) in [6.07, 6.45) is 1.88. The molecule has 0 aromatic heterocycles. The number of hydrogen-bond acceptors (Lipinski definition) is 3. The molecule has 2 amide bonds. The smallest absolute Gasteiger partial charge is 0.340 e. The van der Waals surface area contributed by atoms with Gasteiger partial charge in [-0.3, -0.25) is 9.89 Å². The average molecular weight is 271 g/mol. The lowest BCUT2D eigenvalue weighted by Crippen LogP contribution is -2.46. The van der Waals surface area contributed by atoms with E-state index in [2.05, 4.69) is 10.3 Å². The van der Waals surface area contributed by atoms with Crippen molar-refractivity contribution >= 4 is 17.8 Å². The highest BCUT2D eigenvalue weighted by Gasteiger charge is 2.36. The molecule has 20 heavy (non-hydrogen) atoms. The number of benzene rings is 1. The van der Waals surface area contributed by atoms with Crippen LogP contribution in [0.5, 0.6) is 0 Å². The molecule has 0 radical (unpaired) electrons. The molecule has 1 atom stereocenters. The summed E-state index contributed by atoms with van der Waals surface area (Å²) >= 11 is 0. The van der Waals surface area contributed by atoms with Gasteiger partial charge >= 0.3 is 12.0 Å². The second-order valence-corrected chi connectivity index (χ2v) is 4.72. The molecule has 2 heterocycles. The summed E-state index contributed by atoms with van der Waals surface area (Å²) in [5.41, 5.74) is 1.14. The largest absolute Gasteiger partial charge is 0.478 e. The number of carboxylic acid groups (broad SMARTS) is 1. The predicted octanol–water partition coefficient (Wildman–Crippen LogP) is 1.00. The van der Waals surface area contributed by atoms with Crippen molar-refractivity contribution in [3.8, 4) is 0 Å². The van der Waals surface area contributed by atoms with E-state index in [1.807, 2.05) is 30.3 Å². The second kappa shape index (κ2) is 4.80. The molecule has 1 aromatic rings. The molecule has 0 fully saturated rings. The summed E-state index contributed by atoms with van der Waals surface area (Å²) in [5, 5.41) is 11.6. The topological polar surface area (TPSA) is 82.0 Å². The summed E-state index contributed by atoms with van der Waals surface area (Å²) in [4.78, 5) is 28.7. The zero-order valence-electron chi connectivity index (χ0n) is 10.6. The summed E-state index contributed by atoms with van der Waals surface area (Å²) in [6.45, 7) is 0.403. The van der Waals surface area contributed by atoms with Crippen molar-refractivity contribution in [3.05, 3.63) is 47.7 Å². The molecule has 6 nitrogen and oxygen atoms in total. The molecule has 2 aliphatic heterocycles. The molecule has 2 N–H and O–H groups in total. The van der Waals surface area contributed by atoms with E-state index >= 15 is 0 Å². The van der Waals surface area contributed by atoms with E-state index in [1.165, 1.54) is 11.1 Å². The zero-order valence-corrected chi connectivity index (χ0v) is 10.6. The fourth-order valence-corrected chi connectivity index (χ4v) is 2.40. The number of aliphatic imine (C=N–C) groups is 1. The predicted molar refractivity (Wildman–Crippen MR) is 72.3 cm³/mol. The Morgan fingerprint density at radius 1 is 1.40 bits per heavy atom. The van der Waals surface area contributed by atoms with Gasteiger partial charge in [-0.25, -0.2) is 9.59 Å². The number of carbonyl (C=O) groups is 2. The molecule has 0 saturated carbocycles. The molecule has 1 unspecified atom stereocenters. The summed E-state index contributed by atoms with van der Waals surface area (Å²) in [7, 11) is 0. The van der Waals surface area contributed by atoms with Crippen LogP contribution in [0.1, 0.15) is 5.56 Å². The average Bonchev–Trinajstić information content (AvgIpc) is 2.84. The minimum absolute atomic E-state index is 0.0279. The molecule has 3 rings (SSSR count). The van der Waals surface area contributed by atoms with Crippen molar-refractivity contribution in [1.29, 1.82) is 0 Å². The fourth-order valence-electron chi connectivity index (χ4n) is 2.40. The van der Waals surface area contributed by atoms with Crippen LogP contribution in [0.15, 0.2) is 47.1 Å². The Kier molecular flexibility index (Phi) is 2.98. The first kappa shape index (κ1) is 12.4. The third kappa shape index (κ3) is 2.16. The first-order chi connectivity index (χ1) is 9.65. The maximum absolute atomic E-state index is 11.7. The van der Waals surface area contributed by atoms with Gasteiger partial charge in [0.2, 0.25) is 0 Å². The van der Waals surface area contributed by atoms with Crippen LogP contribution in [-0.4, -0.2) is 40.4 Å². The van der Waals surface area contributed by atoms with Crippen molar-refractivity contribution < 1.29 is 14.7 Å². The van der Waals surface area contributed by atoms with Crippen LogP contribution in [0, 0.1) is 0 Å². The number of hydrogen-bond donors (Lipinski definition) is 2. The van der Waals surface area contributed by atoms with Crippen molar-refractivity contribution in [1.82, 2.24) is 10.2 Å². The number of carbonyl (C=O) groups excluding carboxylic acids is 1. The Morgan fingerprint density at radius 3 is 2.85 bits per heavy atom. The van der Waals surface area contributed by atoms with Gasteiger partial charge in [0.05, 0.1) is 12.6 Å². The van der Waals surface area contributed by atoms with Gasteiger partial charge in [0.15, 0.2) is 0 Å². The van der Waals surface area contributed by atoms with Gasteiger partial charge in [-0.05, 0) is 12.0 Å². The fraction of sp³-hybridized carbons (Fsp3) is 0.214. The Labute approximate surface area is 115 Å². The van der Waals surface area contributed by atoms with Crippen LogP contribution in [0.3, 0.4) is 0 Å². The van der Waals surface area contributed by atoms with Gasteiger partial charge in [0.25, 0.3) is 0 Å².